The quantitative estimate of drug-likeness (QED) is 0.601. The minimum Gasteiger partial charge on any atom is -0.744 e. The molecule has 0 aliphatic rings. The van der Waals surface area contributed by atoms with E-state index in [0.717, 1.165) is 36.6 Å². The van der Waals surface area contributed by atoms with E-state index in [-0.39, 0.29) is 34.5 Å². The molecule has 0 radical (unpaired) electrons. The molecular weight excluding hydrogens is 295 g/mol. The van der Waals surface area contributed by atoms with Gasteiger partial charge < -0.3 is 4.55 Å². The third kappa shape index (κ3) is 4.08. The average Bonchev–Trinajstić information content (AvgIpc) is 2.40. The van der Waals surface area contributed by atoms with Crippen LogP contribution >= 0.6 is 0 Å². The predicted molar refractivity (Wildman–Crippen MR) is 79.9 cm³/mol. The van der Waals surface area contributed by atoms with Gasteiger partial charge in [-0.15, -0.1) is 0 Å². The molecule has 0 spiro atoms. The molecule has 0 bridgehead atoms. The van der Waals surface area contributed by atoms with Gasteiger partial charge in [-0.2, -0.15) is 0 Å². The first kappa shape index (κ1) is 18.7. The van der Waals surface area contributed by atoms with Crippen LogP contribution < -0.4 is 29.6 Å². The maximum atomic E-state index is 11.5. The second-order valence-corrected chi connectivity index (χ2v) is 6.36. The molecule has 21 heavy (non-hydrogen) atoms. The average molecular weight is 314 g/mol. The van der Waals surface area contributed by atoms with Gasteiger partial charge in [0, 0.05) is 0 Å². The van der Waals surface area contributed by atoms with Crippen molar-refractivity contribution in [2.45, 2.75) is 44.4 Å². The van der Waals surface area contributed by atoms with Gasteiger partial charge in [0.1, 0.15) is 10.1 Å². The van der Waals surface area contributed by atoms with E-state index in [1.54, 1.807) is 18.2 Å². The molecule has 0 saturated carbocycles. The Bertz CT molecular complexity index is 724. The van der Waals surface area contributed by atoms with Crippen LogP contribution in [0.4, 0.5) is 0 Å². The Morgan fingerprint density at radius 2 is 1.57 bits per heavy atom. The fourth-order valence-electron chi connectivity index (χ4n) is 2.70. The van der Waals surface area contributed by atoms with Crippen molar-refractivity contribution in [3.8, 4) is 0 Å². The second kappa shape index (κ2) is 7.75. The minimum absolute atomic E-state index is 0. The van der Waals surface area contributed by atoms with Gasteiger partial charge in [0.05, 0.1) is 4.90 Å². The van der Waals surface area contributed by atoms with Crippen LogP contribution in [0, 0.1) is 0 Å². The van der Waals surface area contributed by atoms with Crippen LogP contribution in [0.25, 0.3) is 10.8 Å². The van der Waals surface area contributed by atoms with E-state index in [4.69, 9.17) is 0 Å². The maximum Gasteiger partial charge on any atom is 1.00 e. The summed E-state index contributed by atoms with van der Waals surface area (Å²) in [6, 6.07) is 8.87. The normalized spacial score (nSPS) is 11.4. The molecule has 0 heterocycles. The number of benzene rings is 2. The van der Waals surface area contributed by atoms with E-state index in [1.165, 1.54) is 5.56 Å². The van der Waals surface area contributed by atoms with Crippen LogP contribution in [0.2, 0.25) is 0 Å². The van der Waals surface area contributed by atoms with E-state index < -0.39 is 10.1 Å². The number of rotatable bonds is 5. The van der Waals surface area contributed by atoms with Crippen LogP contribution in [0.1, 0.15) is 37.8 Å². The molecule has 2 aromatic rings. The summed E-state index contributed by atoms with van der Waals surface area (Å²) in [5, 5.41) is 1.44. The molecule has 0 atom stereocenters. The molecular formula is C16H19NaO3S. The summed E-state index contributed by atoms with van der Waals surface area (Å²) in [4.78, 5) is -0.0867. The number of fused-ring (bicyclic) bond motifs is 1. The summed E-state index contributed by atoms with van der Waals surface area (Å²) in [5.41, 5.74) is 2.17. The molecule has 3 nitrogen and oxygen atoms in total. The van der Waals surface area contributed by atoms with Crippen molar-refractivity contribution in [1.82, 2.24) is 0 Å². The zero-order valence-electron chi connectivity index (χ0n) is 12.8. The first-order valence-corrected chi connectivity index (χ1v) is 8.39. The third-order valence-electron chi connectivity index (χ3n) is 3.50. The Labute approximate surface area is 148 Å². The topological polar surface area (TPSA) is 57.2 Å². The monoisotopic (exact) mass is 314 g/mol. The van der Waals surface area contributed by atoms with Gasteiger partial charge in [-0.25, -0.2) is 8.42 Å². The molecule has 0 aliphatic carbocycles. The molecule has 0 aliphatic heterocycles. The van der Waals surface area contributed by atoms with Crippen LogP contribution in [-0.2, 0) is 23.0 Å². The smallest absolute Gasteiger partial charge is 0.744 e. The van der Waals surface area contributed by atoms with E-state index in [0.29, 0.717) is 5.39 Å². The zero-order valence-corrected chi connectivity index (χ0v) is 15.7. The summed E-state index contributed by atoms with van der Waals surface area (Å²) < 4.78 is 34.6. The van der Waals surface area contributed by atoms with E-state index in [2.05, 4.69) is 13.8 Å². The van der Waals surface area contributed by atoms with Gasteiger partial charge in [0.25, 0.3) is 0 Å². The number of hydrogen-bond acceptors (Lipinski definition) is 3. The summed E-state index contributed by atoms with van der Waals surface area (Å²) in [6.07, 6.45) is 3.61. The third-order valence-corrected chi connectivity index (χ3v) is 4.38. The molecule has 0 unspecified atom stereocenters. The van der Waals surface area contributed by atoms with Crippen molar-refractivity contribution in [2.75, 3.05) is 0 Å². The van der Waals surface area contributed by atoms with E-state index >= 15 is 0 Å². The molecule has 108 valence electrons. The Kier molecular flexibility index (Phi) is 6.88. The first-order valence-electron chi connectivity index (χ1n) is 6.98. The summed E-state index contributed by atoms with van der Waals surface area (Å²) >= 11 is 0. The minimum atomic E-state index is -4.45. The van der Waals surface area contributed by atoms with E-state index in [1.807, 2.05) is 12.1 Å². The summed E-state index contributed by atoms with van der Waals surface area (Å²) in [6.45, 7) is 4.15. The zero-order chi connectivity index (χ0) is 14.8. The fraction of sp³-hybridized carbons (Fsp3) is 0.375. The van der Waals surface area contributed by atoms with Gasteiger partial charge in [0.2, 0.25) is 0 Å². The van der Waals surface area contributed by atoms with Crippen LogP contribution in [0.5, 0.6) is 0 Å². The molecule has 0 amide bonds. The molecule has 0 N–H and O–H groups in total. The van der Waals surface area contributed by atoms with Crippen molar-refractivity contribution in [3.63, 3.8) is 0 Å². The predicted octanol–water partition coefficient (Wildman–Crippen LogP) is 0.653. The summed E-state index contributed by atoms with van der Waals surface area (Å²) in [5.74, 6) is 0. The number of aryl methyl sites for hydroxylation is 2. The van der Waals surface area contributed by atoms with Crippen molar-refractivity contribution in [3.05, 3.63) is 41.5 Å². The standard InChI is InChI=1S/C16H20O3S.Na/c1-3-7-12-11-16(20(17,18)19)15-10-6-5-9-14(15)13(12)8-4-2;/h5-6,9-11H,3-4,7-8H2,1-2H3,(H,17,18,19);/q;+1/p-1. The van der Waals surface area contributed by atoms with Gasteiger partial charge in [-0.1, -0.05) is 51.0 Å². The van der Waals surface area contributed by atoms with Crippen LogP contribution in [-0.4, -0.2) is 13.0 Å². The summed E-state index contributed by atoms with van der Waals surface area (Å²) in [7, 11) is -4.45. The Hall–Kier alpha value is -0.390. The van der Waals surface area contributed by atoms with Crippen molar-refractivity contribution >= 4 is 20.9 Å². The van der Waals surface area contributed by atoms with Gasteiger partial charge in [-0.05, 0) is 40.8 Å². The van der Waals surface area contributed by atoms with Crippen molar-refractivity contribution < 1.29 is 42.5 Å². The van der Waals surface area contributed by atoms with Crippen molar-refractivity contribution in [1.29, 1.82) is 0 Å². The first-order chi connectivity index (χ1) is 9.49. The second-order valence-electron chi connectivity index (χ2n) is 5.01. The molecule has 5 heteroatoms. The van der Waals surface area contributed by atoms with E-state index in [9.17, 15) is 13.0 Å². The molecule has 0 aromatic heterocycles. The Balaban J connectivity index is 0.00000220. The van der Waals surface area contributed by atoms with Crippen LogP contribution in [0.15, 0.2) is 35.2 Å². The number of hydrogen-bond donors (Lipinski definition) is 0. The maximum absolute atomic E-state index is 11.5. The largest absolute Gasteiger partial charge is 1.00 e. The van der Waals surface area contributed by atoms with Crippen molar-refractivity contribution in [2.24, 2.45) is 0 Å². The fourth-order valence-corrected chi connectivity index (χ4v) is 3.44. The SMILES string of the molecule is CCCc1cc(S(=O)(=O)[O-])c2ccccc2c1CCC.[Na+]. The van der Waals surface area contributed by atoms with Gasteiger partial charge in [-0.3, -0.25) is 0 Å². The van der Waals surface area contributed by atoms with Gasteiger partial charge >= 0.3 is 29.6 Å². The molecule has 0 fully saturated rings. The molecule has 2 aromatic carbocycles. The van der Waals surface area contributed by atoms with Crippen LogP contribution in [0.3, 0.4) is 0 Å². The molecule has 2 rings (SSSR count). The Morgan fingerprint density at radius 3 is 2.10 bits per heavy atom. The molecule has 0 saturated heterocycles. The Morgan fingerprint density at radius 1 is 1.00 bits per heavy atom. The van der Waals surface area contributed by atoms with Gasteiger partial charge in [0.15, 0.2) is 0 Å².